The van der Waals surface area contributed by atoms with Crippen molar-refractivity contribution in [3.05, 3.63) is 12.2 Å². The summed E-state index contributed by atoms with van der Waals surface area (Å²) in [5.74, 6) is -1.14. The summed E-state index contributed by atoms with van der Waals surface area (Å²) in [5.41, 5.74) is 0.961. The van der Waals surface area contributed by atoms with Gasteiger partial charge in [-0.3, -0.25) is 4.79 Å². The average molecular weight is 292 g/mol. The molecule has 0 saturated heterocycles. The van der Waals surface area contributed by atoms with Crippen LogP contribution in [0.1, 0.15) is 32.6 Å². The van der Waals surface area contributed by atoms with Gasteiger partial charge in [0.25, 0.3) is 5.91 Å². The van der Waals surface area contributed by atoms with Crippen molar-refractivity contribution in [1.82, 2.24) is 5.32 Å². The molecule has 0 aromatic rings. The van der Waals surface area contributed by atoms with Gasteiger partial charge in [0.1, 0.15) is 0 Å². The number of nitrogens with zero attached hydrogens (tertiary/aromatic N) is 1. The highest BCUT2D eigenvalue weighted by molar-refractivity contribution is 8.16. The summed E-state index contributed by atoms with van der Waals surface area (Å²) in [4.78, 5) is 15.0. The van der Waals surface area contributed by atoms with E-state index in [-0.39, 0.29) is 11.2 Å². The summed E-state index contributed by atoms with van der Waals surface area (Å²) in [6, 6.07) is -0.0802. The zero-order valence-corrected chi connectivity index (χ0v) is 11.3. The molecule has 3 nitrogen and oxygen atoms in total. The first-order valence-electron chi connectivity index (χ1n) is 6.07. The topological polar surface area (TPSA) is 41.5 Å². The normalized spacial score (nSPS) is 32.4. The fourth-order valence-corrected chi connectivity index (χ4v) is 3.07. The maximum Gasteiger partial charge on any atom is 0.412 e. The number of amides is 1. The van der Waals surface area contributed by atoms with Crippen LogP contribution in [0, 0.1) is 0 Å². The lowest BCUT2D eigenvalue weighted by Crippen LogP contribution is -2.44. The Morgan fingerprint density at radius 1 is 1.47 bits per heavy atom. The number of thioether (sulfide) groups is 1. The lowest BCUT2D eigenvalue weighted by molar-refractivity contribution is -0.165. The fraction of sp³-hybridized carbons (Fsp3) is 0.667. The van der Waals surface area contributed by atoms with Gasteiger partial charge in [-0.05, 0) is 26.2 Å². The van der Waals surface area contributed by atoms with Gasteiger partial charge >= 0.3 is 6.18 Å². The van der Waals surface area contributed by atoms with Crippen molar-refractivity contribution in [2.45, 2.75) is 49.6 Å². The maximum absolute atomic E-state index is 12.9. The molecule has 0 spiro atoms. The Kier molecular flexibility index (Phi) is 3.68. The van der Waals surface area contributed by atoms with Crippen LogP contribution in [0.4, 0.5) is 13.2 Å². The number of hydrogen-bond acceptors (Lipinski definition) is 3. The van der Waals surface area contributed by atoms with Gasteiger partial charge in [0.15, 0.2) is 9.91 Å². The predicted octanol–water partition coefficient (Wildman–Crippen LogP) is 3.03. The van der Waals surface area contributed by atoms with E-state index in [0.717, 1.165) is 38.2 Å². The number of carbonyl (C=O) groups is 1. The minimum atomic E-state index is -4.61. The van der Waals surface area contributed by atoms with Gasteiger partial charge in [0.2, 0.25) is 0 Å². The molecule has 0 bridgehead atoms. The summed E-state index contributed by atoms with van der Waals surface area (Å²) >= 11 is 0.447. The van der Waals surface area contributed by atoms with Gasteiger partial charge in [-0.25, -0.2) is 0 Å². The van der Waals surface area contributed by atoms with Crippen LogP contribution >= 0.6 is 11.8 Å². The molecular weight excluding hydrogens is 277 g/mol. The second-order valence-corrected chi connectivity index (χ2v) is 6.36. The number of nitrogens with one attached hydrogen (secondary N) is 1. The monoisotopic (exact) mass is 292 g/mol. The van der Waals surface area contributed by atoms with E-state index in [2.05, 4.69) is 16.9 Å². The Balaban J connectivity index is 2.06. The predicted molar refractivity (Wildman–Crippen MR) is 69.0 cm³/mol. The first-order valence-corrected chi connectivity index (χ1v) is 6.89. The summed E-state index contributed by atoms with van der Waals surface area (Å²) in [7, 11) is 0. The SMILES string of the molecule is C=C1CCCCC1NC1=NC(=O)C(C)(C(F)(F)F)S1. The molecule has 7 heteroatoms. The van der Waals surface area contributed by atoms with Crippen LogP contribution in [-0.4, -0.2) is 28.0 Å². The van der Waals surface area contributed by atoms with Crippen LogP contribution in [0.3, 0.4) is 0 Å². The molecule has 2 aliphatic rings. The zero-order chi connectivity index (χ0) is 14.3. The molecule has 2 unspecified atom stereocenters. The molecule has 2 rings (SSSR count). The Hall–Kier alpha value is -0.980. The van der Waals surface area contributed by atoms with E-state index in [0.29, 0.717) is 11.8 Å². The van der Waals surface area contributed by atoms with Crippen molar-refractivity contribution in [3.63, 3.8) is 0 Å². The zero-order valence-electron chi connectivity index (χ0n) is 10.5. The van der Waals surface area contributed by atoms with Gasteiger partial charge in [0, 0.05) is 6.04 Å². The maximum atomic E-state index is 12.9. The largest absolute Gasteiger partial charge is 0.412 e. The van der Waals surface area contributed by atoms with Crippen molar-refractivity contribution in [2.24, 2.45) is 4.99 Å². The van der Waals surface area contributed by atoms with Gasteiger partial charge in [0.05, 0.1) is 0 Å². The van der Waals surface area contributed by atoms with Crippen LogP contribution in [0.15, 0.2) is 17.1 Å². The molecule has 1 amide bonds. The van der Waals surface area contributed by atoms with E-state index in [4.69, 9.17) is 0 Å². The number of aliphatic imine (C=N–C) groups is 1. The second-order valence-electron chi connectivity index (χ2n) is 4.96. The van der Waals surface area contributed by atoms with Gasteiger partial charge in [-0.2, -0.15) is 18.2 Å². The standard InChI is InChI=1S/C12H15F3N2OS/c1-7-5-3-4-6-8(7)16-10-17-9(18)11(2,19-10)12(13,14)15/h8H,1,3-6H2,2H3,(H,16,17,18). The molecule has 1 fully saturated rings. The molecule has 19 heavy (non-hydrogen) atoms. The van der Waals surface area contributed by atoms with E-state index in [1.165, 1.54) is 0 Å². The quantitative estimate of drug-likeness (QED) is 0.755. The van der Waals surface area contributed by atoms with Crippen LogP contribution in [-0.2, 0) is 4.79 Å². The van der Waals surface area contributed by atoms with Gasteiger partial charge in [-0.15, -0.1) is 0 Å². The second kappa shape index (κ2) is 4.85. The number of halogens is 3. The number of rotatable bonds is 1. The number of carbonyl (C=O) groups excluding carboxylic acids is 1. The third-order valence-electron chi connectivity index (χ3n) is 3.48. The molecule has 1 heterocycles. The highest BCUT2D eigenvalue weighted by atomic mass is 32.2. The minimum Gasteiger partial charge on any atom is -0.358 e. The molecule has 0 aromatic carbocycles. The van der Waals surface area contributed by atoms with Crippen molar-refractivity contribution in [1.29, 1.82) is 0 Å². The van der Waals surface area contributed by atoms with Crippen LogP contribution in [0.5, 0.6) is 0 Å². The summed E-state index contributed by atoms with van der Waals surface area (Å²) in [5, 5.41) is 2.97. The minimum absolute atomic E-state index is 0.0536. The van der Waals surface area contributed by atoms with E-state index in [9.17, 15) is 18.0 Å². The molecule has 0 radical (unpaired) electrons. The Morgan fingerprint density at radius 3 is 2.68 bits per heavy atom. The first-order chi connectivity index (χ1) is 8.74. The summed E-state index contributed by atoms with van der Waals surface area (Å²) in [6.07, 6.45) is -0.879. The van der Waals surface area contributed by atoms with Crippen molar-refractivity contribution < 1.29 is 18.0 Å². The average Bonchev–Trinajstić information content (AvgIpc) is 2.58. The van der Waals surface area contributed by atoms with E-state index < -0.39 is 16.8 Å². The Bertz CT molecular complexity index is 447. The first kappa shape index (κ1) is 14.4. The van der Waals surface area contributed by atoms with Crippen LogP contribution in [0.25, 0.3) is 0 Å². The van der Waals surface area contributed by atoms with E-state index in [1.807, 2.05) is 0 Å². The van der Waals surface area contributed by atoms with Crippen LogP contribution in [0.2, 0.25) is 0 Å². The molecule has 2 atom stereocenters. The lowest BCUT2D eigenvalue weighted by atomic mass is 9.91. The highest BCUT2D eigenvalue weighted by Gasteiger charge is 2.61. The molecule has 0 aromatic heterocycles. The third-order valence-corrected chi connectivity index (χ3v) is 4.70. The third kappa shape index (κ3) is 2.66. The molecular formula is C12H15F3N2OS. The van der Waals surface area contributed by atoms with Crippen molar-refractivity contribution in [3.8, 4) is 0 Å². The molecule has 1 N–H and O–H groups in total. The van der Waals surface area contributed by atoms with Gasteiger partial charge in [-0.1, -0.05) is 30.3 Å². The number of amidine groups is 1. The summed E-state index contributed by atoms with van der Waals surface area (Å²) in [6.45, 7) is 4.78. The van der Waals surface area contributed by atoms with Crippen molar-refractivity contribution in [2.75, 3.05) is 0 Å². The smallest absolute Gasteiger partial charge is 0.358 e. The fourth-order valence-electron chi connectivity index (χ4n) is 2.10. The molecule has 1 saturated carbocycles. The molecule has 1 aliphatic heterocycles. The van der Waals surface area contributed by atoms with Crippen molar-refractivity contribution >= 4 is 22.8 Å². The molecule has 106 valence electrons. The Morgan fingerprint density at radius 2 is 2.16 bits per heavy atom. The molecule has 1 aliphatic carbocycles. The number of hydrogen-bond donors (Lipinski definition) is 1. The van der Waals surface area contributed by atoms with Gasteiger partial charge < -0.3 is 5.32 Å². The Labute approximate surface area is 113 Å². The summed E-state index contributed by atoms with van der Waals surface area (Å²) < 4.78 is 36.1. The lowest BCUT2D eigenvalue weighted by Gasteiger charge is -2.27. The van der Waals surface area contributed by atoms with E-state index in [1.54, 1.807) is 0 Å². The van der Waals surface area contributed by atoms with Crippen LogP contribution < -0.4 is 5.32 Å². The van der Waals surface area contributed by atoms with E-state index >= 15 is 0 Å². The highest BCUT2D eigenvalue weighted by Crippen LogP contribution is 2.46. The number of alkyl halides is 3.